The Morgan fingerprint density at radius 3 is 2.61 bits per heavy atom. The van der Waals surface area contributed by atoms with Gasteiger partial charge in [0.05, 0.1) is 11.3 Å². The van der Waals surface area contributed by atoms with Crippen LogP contribution in [0.15, 0.2) is 41.2 Å². The maximum absolute atomic E-state index is 12.0. The van der Waals surface area contributed by atoms with E-state index < -0.39 is 0 Å². The van der Waals surface area contributed by atoms with Crippen LogP contribution in [0.5, 0.6) is 0 Å². The topological polar surface area (TPSA) is 45.1 Å². The molecule has 0 saturated carbocycles. The molecule has 0 saturated heterocycles. The number of hydrazone groups is 1. The van der Waals surface area contributed by atoms with Gasteiger partial charge < -0.3 is 9.64 Å². The molecule has 0 fully saturated rings. The van der Waals surface area contributed by atoms with Crippen LogP contribution in [0, 0.1) is 5.92 Å². The molecule has 0 bridgehead atoms. The van der Waals surface area contributed by atoms with Crippen molar-refractivity contribution in [3.8, 4) is 0 Å². The van der Waals surface area contributed by atoms with Crippen LogP contribution in [0.25, 0.3) is 0 Å². The Balaban J connectivity index is 2.26. The molecule has 1 amide bonds. The van der Waals surface area contributed by atoms with Gasteiger partial charge in [-0.15, -0.1) is 0 Å². The van der Waals surface area contributed by atoms with Gasteiger partial charge in [-0.2, -0.15) is 5.10 Å². The molecule has 0 aromatic carbocycles. The number of hydrogen-bond acceptors (Lipinski definition) is 4. The highest BCUT2D eigenvalue weighted by Crippen LogP contribution is 2.20. The lowest BCUT2D eigenvalue weighted by Crippen LogP contribution is -2.17. The summed E-state index contributed by atoms with van der Waals surface area (Å²) >= 11 is 0. The molecule has 0 spiro atoms. The van der Waals surface area contributed by atoms with Crippen molar-refractivity contribution in [2.75, 3.05) is 14.1 Å². The molecule has 0 unspecified atom stereocenters. The fourth-order valence-corrected chi connectivity index (χ4v) is 1.79. The third-order valence-corrected chi connectivity index (χ3v) is 2.82. The monoisotopic (exact) mass is 247 g/mol. The number of likely N-dealkylation sites (N-methyl/N-ethyl adjacent to an activating group) is 1. The van der Waals surface area contributed by atoms with Crippen LogP contribution in [0.3, 0.4) is 0 Å². The predicted molar refractivity (Wildman–Crippen MR) is 69.2 cm³/mol. The normalized spacial score (nSPS) is 23.6. The molecule has 0 aromatic heterocycles. The maximum atomic E-state index is 12.0. The largest absolute Gasteiger partial charge is 0.447 e. The molecular formula is C13H17N3O2. The van der Waals surface area contributed by atoms with Gasteiger partial charge in [0.1, 0.15) is 6.26 Å². The van der Waals surface area contributed by atoms with E-state index in [4.69, 9.17) is 4.74 Å². The summed E-state index contributed by atoms with van der Waals surface area (Å²) in [7, 11) is 3.55. The highest BCUT2D eigenvalue weighted by atomic mass is 16.5. The van der Waals surface area contributed by atoms with Crippen LogP contribution in [0.1, 0.15) is 13.8 Å². The number of amides is 1. The summed E-state index contributed by atoms with van der Waals surface area (Å²) in [6.07, 6.45) is 6.96. The van der Waals surface area contributed by atoms with Gasteiger partial charge in [0.25, 0.3) is 5.91 Å². The van der Waals surface area contributed by atoms with E-state index in [0.29, 0.717) is 11.5 Å². The van der Waals surface area contributed by atoms with Crippen molar-refractivity contribution in [2.24, 2.45) is 11.0 Å². The zero-order chi connectivity index (χ0) is 13.3. The second-order valence-electron chi connectivity index (χ2n) is 4.57. The average molecular weight is 247 g/mol. The molecule has 2 aliphatic rings. The lowest BCUT2D eigenvalue weighted by molar-refractivity contribution is -0.124. The van der Waals surface area contributed by atoms with Gasteiger partial charge in [-0.25, -0.2) is 5.01 Å². The summed E-state index contributed by atoms with van der Waals surface area (Å²) in [5, 5.41) is 5.62. The van der Waals surface area contributed by atoms with Crippen molar-refractivity contribution in [1.82, 2.24) is 9.91 Å². The molecule has 0 N–H and O–H groups in total. The smallest absolute Gasteiger partial charge is 0.275 e. The van der Waals surface area contributed by atoms with Crippen molar-refractivity contribution >= 4 is 11.6 Å². The van der Waals surface area contributed by atoms with Crippen molar-refractivity contribution in [2.45, 2.75) is 13.8 Å². The molecular weight excluding hydrogens is 230 g/mol. The third-order valence-electron chi connectivity index (χ3n) is 2.82. The Morgan fingerprint density at radius 1 is 1.33 bits per heavy atom. The summed E-state index contributed by atoms with van der Waals surface area (Å²) < 4.78 is 5.28. The summed E-state index contributed by atoms with van der Waals surface area (Å²) in [5.74, 6) is 0.820. The molecule has 0 atom stereocenters. The van der Waals surface area contributed by atoms with E-state index >= 15 is 0 Å². The number of rotatable bonds is 2. The second kappa shape index (κ2) is 4.68. The van der Waals surface area contributed by atoms with E-state index in [9.17, 15) is 4.79 Å². The predicted octanol–water partition coefficient (Wildman–Crippen LogP) is 1.67. The molecule has 2 heterocycles. The molecule has 0 aromatic rings. The van der Waals surface area contributed by atoms with Crippen molar-refractivity contribution in [3.05, 3.63) is 36.1 Å². The fraction of sp³-hybridized carbons (Fsp3) is 0.385. The minimum absolute atomic E-state index is 0.0795. The number of allylic oxidation sites excluding steroid dienone is 2. The minimum Gasteiger partial charge on any atom is -0.447 e. The number of ether oxygens (including phenoxy) is 1. The highest BCUT2D eigenvalue weighted by molar-refractivity contribution is 6.25. The van der Waals surface area contributed by atoms with E-state index in [1.807, 2.05) is 32.0 Å². The minimum atomic E-state index is -0.0795. The lowest BCUT2D eigenvalue weighted by Gasteiger charge is -2.08. The highest BCUT2D eigenvalue weighted by Gasteiger charge is 2.28. The van der Waals surface area contributed by atoms with Gasteiger partial charge in [-0.1, -0.05) is 13.8 Å². The van der Waals surface area contributed by atoms with E-state index in [1.54, 1.807) is 25.5 Å². The first-order chi connectivity index (χ1) is 8.50. The standard InChI is InChI=1S/C13H17N3O2/c1-9(2)12-10(13(17)16(4)14-12)5-6-11-15(3)7-8-18-11/h5-9H,1-4H3/b10-5+,11-6+. The Morgan fingerprint density at radius 2 is 2.06 bits per heavy atom. The number of carbonyl (C=O) groups is 1. The Labute approximate surface area is 107 Å². The van der Waals surface area contributed by atoms with E-state index in [1.165, 1.54) is 5.01 Å². The SMILES string of the molecule is CC(C)C1=NN(C)C(=O)/C1=C/C=C1/OC=CN1C. The van der Waals surface area contributed by atoms with Crippen molar-refractivity contribution in [1.29, 1.82) is 0 Å². The summed E-state index contributed by atoms with van der Waals surface area (Å²) in [6, 6.07) is 0. The molecule has 2 rings (SSSR count). The third kappa shape index (κ3) is 2.16. The molecule has 18 heavy (non-hydrogen) atoms. The Hall–Kier alpha value is -2.04. The van der Waals surface area contributed by atoms with Crippen LogP contribution in [-0.2, 0) is 9.53 Å². The summed E-state index contributed by atoms with van der Waals surface area (Å²) in [5.41, 5.74) is 1.44. The molecule has 0 aliphatic carbocycles. The first-order valence-corrected chi connectivity index (χ1v) is 5.85. The molecule has 5 heteroatoms. The van der Waals surface area contributed by atoms with Crippen molar-refractivity contribution < 1.29 is 9.53 Å². The van der Waals surface area contributed by atoms with Gasteiger partial charge in [0.2, 0.25) is 0 Å². The summed E-state index contributed by atoms with van der Waals surface area (Å²) in [4.78, 5) is 13.8. The van der Waals surface area contributed by atoms with Crippen molar-refractivity contribution in [3.63, 3.8) is 0 Å². The summed E-state index contributed by atoms with van der Waals surface area (Å²) in [6.45, 7) is 4.04. The first kappa shape index (κ1) is 12.4. The Kier molecular flexibility index (Phi) is 3.23. The molecule has 5 nitrogen and oxygen atoms in total. The first-order valence-electron chi connectivity index (χ1n) is 5.85. The zero-order valence-electron chi connectivity index (χ0n) is 11.0. The van der Waals surface area contributed by atoms with Crippen LogP contribution >= 0.6 is 0 Å². The number of hydrogen-bond donors (Lipinski definition) is 0. The van der Waals surface area contributed by atoms with E-state index in [-0.39, 0.29) is 11.8 Å². The quantitative estimate of drug-likeness (QED) is 0.697. The second-order valence-corrected chi connectivity index (χ2v) is 4.57. The van der Waals surface area contributed by atoms with E-state index in [2.05, 4.69) is 5.10 Å². The van der Waals surface area contributed by atoms with E-state index in [0.717, 1.165) is 5.71 Å². The molecule has 96 valence electrons. The Bertz CT molecular complexity index is 486. The van der Waals surface area contributed by atoms with Crippen LogP contribution in [0.4, 0.5) is 0 Å². The fourth-order valence-electron chi connectivity index (χ4n) is 1.79. The number of carbonyl (C=O) groups excluding carboxylic acids is 1. The van der Waals surface area contributed by atoms with Crippen LogP contribution in [-0.4, -0.2) is 35.6 Å². The van der Waals surface area contributed by atoms with Gasteiger partial charge in [0.15, 0.2) is 5.88 Å². The van der Waals surface area contributed by atoms with Gasteiger partial charge in [-0.05, 0) is 18.1 Å². The number of nitrogens with zero attached hydrogens (tertiary/aromatic N) is 3. The lowest BCUT2D eigenvalue weighted by atomic mass is 10.00. The van der Waals surface area contributed by atoms with Crippen LogP contribution < -0.4 is 0 Å². The van der Waals surface area contributed by atoms with Gasteiger partial charge in [-0.3, -0.25) is 4.79 Å². The average Bonchev–Trinajstić information content (AvgIpc) is 2.83. The van der Waals surface area contributed by atoms with Gasteiger partial charge >= 0.3 is 0 Å². The molecule has 2 aliphatic heterocycles. The van der Waals surface area contributed by atoms with Crippen LogP contribution in [0.2, 0.25) is 0 Å². The van der Waals surface area contributed by atoms with Gasteiger partial charge in [0, 0.05) is 20.3 Å². The molecule has 0 radical (unpaired) electrons. The zero-order valence-corrected chi connectivity index (χ0v) is 11.0. The maximum Gasteiger partial charge on any atom is 0.275 e.